The second-order valence-corrected chi connectivity index (χ2v) is 8.85. The molecular weight excluding hydrogens is 421 g/mol. The Morgan fingerprint density at radius 3 is 2.64 bits per heavy atom. The summed E-state index contributed by atoms with van der Waals surface area (Å²) in [6, 6.07) is 18.8. The number of hydrogen-bond donors (Lipinski definition) is 2. The smallest absolute Gasteiger partial charge is 0.258 e. The second-order valence-electron chi connectivity index (χ2n) is 8.85. The van der Waals surface area contributed by atoms with Crippen LogP contribution in [0.25, 0.3) is 11.1 Å². The third-order valence-corrected chi connectivity index (χ3v) is 7.10. The van der Waals surface area contributed by atoms with Gasteiger partial charge < -0.3 is 15.0 Å². The van der Waals surface area contributed by atoms with Gasteiger partial charge >= 0.3 is 0 Å². The second kappa shape index (κ2) is 8.57. The molecular formula is C26H26FN3O3. The number of rotatable bonds is 5. The molecule has 0 unspecified atom stereocenters. The molecule has 2 aromatic carbocycles. The number of aliphatic hydroxyl groups excluding tert-OH is 1. The molecule has 1 fully saturated rings. The van der Waals surface area contributed by atoms with E-state index < -0.39 is 11.7 Å². The van der Waals surface area contributed by atoms with E-state index in [2.05, 4.69) is 10.2 Å². The highest BCUT2D eigenvalue weighted by atomic mass is 19.1. The summed E-state index contributed by atoms with van der Waals surface area (Å²) in [4.78, 5) is 28.8. The van der Waals surface area contributed by atoms with Crippen LogP contribution >= 0.6 is 0 Å². The Hall–Kier alpha value is -3.29. The van der Waals surface area contributed by atoms with E-state index in [0.29, 0.717) is 24.2 Å². The summed E-state index contributed by atoms with van der Waals surface area (Å²) in [6.45, 7) is 0.632. The minimum absolute atomic E-state index is 0.132. The number of amides is 1. The normalized spacial score (nSPS) is 23.8. The van der Waals surface area contributed by atoms with Crippen LogP contribution in [0.15, 0.2) is 71.5 Å². The Bertz CT molecular complexity index is 1240. The number of nitrogens with one attached hydrogen (secondary N) is 1. The first-order chi connectivity index (χ1) is 16.0. The number of hydrogen-bond acceptors (Lipinski definition) is 4. The first-order valence-corrected chi connectivity index (χ1v) is 11.1. The van der Waals surface area contributed by atoms with Gasteiger partial charge in [0.2, 0.25) is 5.91 Å². The Labute approximate surface area is 191 Å². The standard InChI is InChI=1S/C26H26FN3O3/c1-29-22-14-30-21(11-10-19(26(30)33)17-8-5-9-18(27)12-17)24(29)23(20(22)15-31)25(32)28-13-16-6-3-2-4-7-16/h2-12,20,22-24,31H,13-15H2,1H3,(H,28,32)/t20-,22-,23+,24+/m1/s1. The first-order valence-electron chi connectivity index (χ1n) is 11.1. The third kappa shape index (κ3) is 3.67. The number of fused-ring (bicyclic) bond motifs is 4. The van der Waals surface area contributed by atoms with Crippen LogP contribution in [0, 0.1) is 17.7 Å². The predicted molar refractivity (Wildman–Crippen MR) is 123 cm³/mol. The Morgan fingerprint density at radius 1 is 1.12 bits per heavy atom. The fourth-order valence-electron chi connectivity index (χ4n) is 5.47. The molecule has 2 aliphatic rings. The lowest BCUT2D eigenvalue weighted by atomic mass is 9.86. The van der Waals surface area contributed by atoms with Crippen LogP contribution in [0.2, 0.25) is 0 Å². The molecule has 0 spiro atoms. The average Bonchev–Trinajstić information content (AvgIpc) is 3.00. The van der Waals surface area contributed by atoms with E-state index in [1.165, 1.54) is 12.1 Å². The number of aliphatic hydroxyl groups is 1. The zero-order valence-corrected chi connectivity index (χ0v) is 18.3. The zero-order valence-electron chi connectivity index (χ0n) is 18.3. The SMILES string of the molecule is CN1[C@@H]2Cn3c(ccc(-c4cccc(F)c4)c3=O)[C@H]1[C@@H](C(=O)NCc1ccccc1)[C@@H]2CO. The van der Waals surface area contributed by atoms with Crippen molar-refractivity contribution in [1.82, 2.24) is 14.8 Å². The summed E-state index contributed by atoms with van der Waals surface area (Å²) in [6.07, 6.45) is 0. The molecule has 0 radical (unpaired) electrons. The number of pyridine rings is 1. The van der Waals surface area contributed by atoms with Crippen LogP contribution in [0.5, 0.6) is 0 Å². The summed E-state index contributed by atoms with van der Waals surface area (Å²) in [7, 11) is 1.94. The lowest BCUT2D eigenvalue weighted by Crippen LogP contribution is -2.44. The molecule has 2 aliphatic heterocycles. The van der Waals surface area contributed by atoms with Crippen molar-refractivity contribution in [1.29, 1.82) is 0 Å². The maximum atomic E-state index is 13.8. The summed E-state index contributed by atoms with van der Waals surface area (Å²) in [5.74, 6) is -1.31. The first kappa shape index (κ1) is 21.6. The minimum Gasteiger partial charge on any atom is -0.396 e. The summed E-state index contributed by atoms with van der Waals surface area (Å²) < 4.78 is 15.5. The molecule has 4 atom stereocenters. The highest BCUT2D eigenvalue weighted by Gasteiger charge is 2.54. The van der Waals surface area contributed by atoms with Crippen LogP contribution in [0.1, 0.15) is 17.3 Å². The fourth-order valence-corrected chi connectivity index (χ4v) is 5.47. The molecule has 170 valence electrons. The van der Waals surface area contributed by atoms with E-state index in [-0.39, 0.29) is 36.1 Å². The Balaban J connectivity index is 1.50. The van der Waals surface area contributed by atoms with Crippen molar-refractivity contribution in [3.63, 3.8) is 0 Å². The van der Waals surface area contributed by atoms with E-state index in [9.17, 15) is 19.1 Å². The van der Waals surface area contributed by atoms with E-state index >= 15 is 0 Å². The molecule has 6 nitrogen and oxygen atoms in total. The van der Waals surface area contributed by atoms with Crippen molar-refractivity contribution in [3.05, 3.63) is 94.2 Å². The summed E-state index contributed by atoms with van der Waals surface area (Å²) >= 11 is 0. The zero-order chi connectivity index (χ0) is 23.1. The highest BCUT2D eigenvalue weighted by Crippen LogP contribution is 2.47. The van der Waals surface area contributed by atoms with E-state index in [1.54, 1.807) is 22.8 Å². The van der Waals surface area contributed by atoms with Gasteiger partial charge in [-0.1, -0.05) is 42.5 Å². The molecule has 3 aromatic rings. The fraction of sp³-hybridized carbons (Fsp3) is 0.308. The minimum atomic E-state index is -0.484. The van der Waals surface area contributed by atoms with Gasteiger partial charge in [-0.2, -0.15) is 0 Å². The van der Waals surface area contributed by atoms with Gasteiger partial charge in [0.15, 0.2) is 0 Å². The molecule has 0 aliphatic carbocycles. The van der Waals surface area contributed by atoms with E-state index in [1.807, 2.05) is 43.4 Å². The van der Waals surface area contributed by atoms with Crippen molar-refractivity contribution in [3.8, 4) is 11.1 Å². The molecule has 2 N–H and O–H groups in total. The van der Waals surface area contributed by atoms with Crippen LogP contribution in [-0.2, 0) is 17.9 Å². The van der Waals surface area contributed by atoms with Gasteiger partial charge in [-0.25, -0.2) is 4.39 Å². The van der Waals surface area contributed by atoms with Gasteiger partial charge in [0.05, 0.1) is 12.0 Å². The van der Waals surface area contributed by atoms with Crippen molar-refractivity contribution < 1.29 is 14.3 Å². The van der Waals surface area contributed by atoms with Crippen molar-refractivity contribution in [2.45, 2.75) is 25.2 Å². The lowest BCUT2D eigenvalue weighted by molar-refractivity contribution is -0.127. The Kier molecular flexibility index (Phi) is 5.60. The van der Waals surface area contributed by atoms with Crippen LogP contribution in [0.4, 0.5) is 4.39 Å². The molecule has 7 heteroatoms. The van der Waals surface area contributed by atoms with Crippen molar-refractivity contribution in [2.24, 2.45) is 11.8 Å². The number of carbonyl (C=O) groups is 1. The number of benzene rings is 2. The summed E-state index contributed by atoms with van der Waals surface area (Å²) in [5, 5.41) is 13.2. The van der Waals surface area contributed by atoms with Gasteiger partial charge in [-0.3, -0.25) is 14.5 Å². The number of aromatic nitrogens is 1. The average molecular weight is 448 g/mol. The van der Waals surface area contributed by atoms with Gasteiger partial charge in [-0.15, -0.1) is 0 Å². The number of nitrogens with zero attached hydrogens (tertiary/aromatic N) is 2. The molecule has 1 amide bonds. The van der Waals surface area contributed by atoms with Gasteiger partial charge in [-0.05, 0) is 42.4 Å². The van der Waals surface area contributed by atoms with Crippen molar-refractivity contribution in [2.75, 3.05) is 13.7 Å². The molecule has 1 aromatic heterocycles. The maximum Gasteiger partial charge on any atom is 0.258 e. The number of halogens is 1. The van der Waals surface area contributed by atoms with E-state index in [4.69, 9.17) is 0 Å². The molecule has 5 rings (SSSR count). The van der Waals surface area contributed by atoms with Gasteiger partial charge in [0.25, 0.3) is 5.56 Å². The van der Waals surface area contributed by atoms with Gasteiger partial charge in [0.1, 0.15) is 5.82 Å². The largest absolute Gasteiger partial charge is 0.396 e. The quantitative estimate of drug-likeness (QED) is 0.631. The lowest BCUT2D eigenvalue weighted by Gasteiger charge is -2.35. The number of carbonyl (C=O) groups excluding carboxylic acids is 1. The van der Waals surface area contributed by atoms with E-state index in [0.717, 1.165) is 11.3 Å². The highest BCUT2D eigenvalue weighted by molar-refractivity contribution is 5.80. The maximum absolute atomic E-state index is 13.8. The number of likely N-dealkylation sites (N-methyl/N-ethyl adjacent to an activating group) is 1. The molecule has 1 saturated heterocycles. The van der Waals surface area contributed by atoms with Crippen LogP contribution in [0.3, 0.4) is 0 Å². The summed E-state index contributed by atoms with van der Waals surface area (Å²) in [5.41, 5.74) is 2.49. The molecule has 2 bridgehead atoms. The molecule has 3 heterocycles. The topological polar surface area (TPSA) is 74.6 Å². The molecule has 0 saturated carbocycles. The van der Waals surface area contributed by atoms with Crippen LogP contribution in [-0.4, -0.2) is 40.2 Å². The van der Waals surface area contributed by atoms with Gasteiger partial charge in [0, 0.05) is 42.9 Å². The molecule has 33 heavy (non-hydrogen) atoms. The Morgan fingerprint density at radius 2 is 1.91 bits per heavy atom. The monoisotopic (exact) mass is 447 g/mol. The van der Waals surface area contributed by atoms with Crippen LogP contribution < -0.4 is 10.9 Å². The third-order valence-electron chi connectivity index (χ3n) is 7.10. The predicted octanol–water partition coefficient (Wildman–Crippen LogP) is 2.56. The van der Waals surface area contributed by atoms with Crippen molar-refractivity contribution >= 4 is 5.91 Å².